The molecule has 0 aliphatic rings. The van der Waals surface area contributed by atoms with E-state index >= 15 is 0 Å². The zero-order chi connectivity index (χ0) is 13.5. The Morgan fingerprint density at radius 2 is 2.17 bits per heavy atom. The van der Waals surface area contributed by atoms with Gasteiger partial charge >= 0.3 is 0 Å². The van der Waals surface area contributed by atoms with Gasteiger partial charge in [-0.15, -0.1) is 0 Å². The van der Waals surface area contributed by atoms with Gasteiger partial charge in [-0.25, -0.2) is 0 Å². The minimum Gasteiger partial charge on any atom is -0.504 e. The molecule has 1 aromatic rings. The summed E-state index contributed by atoms with van der Waals surface area (Å²) in [4.78, 5) is 13.7. The van der Waals surface area contributed by atoms with Crippen LogP contribution in [-0.2, 0) is 4.79 Å². The summed E-state index contributed by atoms with van der Waals surface area (Å²) in [6.07, 6.45) is 1.29. The summed E-state index contributed by atoms with van der Waals surface area (Å²) in [5.41, 5.74) is 0.625. The molecule has 1 rings (SSSR count). The average molecular weight is 252 g/mol. The summed E-state index contributed by atoms with van der Waals surface area (Å²) in [5.74, 6) is 0.369. The Labute approximate surface area is 107 Å². The highest BCUT2D eigenvalue weighted by Crippen LogP contribution is 2.28. The third-order valence-electron chi connectivity index (χ3n) is 2.47. The first kappa shape index (κ1) is 14.3. The third-order valence-corrected chi connectivity index (χ3v) is 2.47. The maximum absolute atomic E-state index is 11.6. The van der Waals surface area contributed by atoms with Gasteiger partial charge in [0.05, 0.1) is 7.11 Å². The van der Waals surface area contributed by atoms with Gasteiger partial charge in [0.2, 0.25) is 5.91 Å². The van der Waals surface area contributed by atoms with Gasteiger partial charge in [-0.3, -0.25) is 4.79 Å². The van der Waals surface area contributed by atoms with Gasteiger partial charge in [0, 0.05) is 18.2 Å². The second-order valence-electron chi connectivity index (χ2n) is 4.34. The first-order valence-electron chi connectivity index (χ1n) is 5.84. The summed E-state index contributed by atoms with van der Waals surface area (Å²) in [6, 6.07) is 4.73. The van der Waals surface area contributed by atoms with E-state index in [1.165, 1.54) is 13.2 Å². The molecule has 2 N–H and O–H groups in total. The maximum atomic E-state index is 11.6. The summed E-state index contributed by atoms with van der Waals surface area (Å²) < 4.78 is 4.97. The molecule has 0 aliphatic heterocycles. The minimum absolute atomic E-state index is 0.0374. The van der Waals surface area contributed by atoms with E-state index < -0.39 is 0 Å². The van der Waals surface area contributed by atoms with Crippen LogP contribution in [0.2, 0.25) is 0 Å². The van der Waals surface area contributed by atoms with E-state index in [1.807, 2.05) is 19.0 Å². The molecular weight excluding hydrogens is 232 g/mol. The minimum atomic E-state index is -0.0374. The molecule has 0 saturated carbocycles. The van der Waals surface area contributed by atoms with E-state index in [0.717, 1.165) is 13.0 Å². The largest absolute Gasteiger partial charge is 0.504 e. The van der Waals surface area contributed by atoms with Crippen LogP contribution in [0.4, 0.5) is 5.69 Å². The van der Waals surface area contributed by atoms with Crippen LogP contribution in [0.25, 0.3) is 0 Å². The van der Waals surface area contributed by atoms with Crippen LogP contribution in [0.15, 0.2) is 18.2 Å². The molecule has 0 heterocycles. The molecular formula is C13H20N2O3. The molecule has 1 amide bonds. The summed E-state index contributed by atoms with van der Waals surface area (Å²) in [5, 5.41) is 12.2. The smallest absolute Gasteiger partial charge is 0.224 e. The number of anilines is 1. The van der Waals surface area contributed by atoms with Crippen LogP contribution in [0.1, 0.15) is 12.8 Å². The standard InChI is InChI=1S/C13H20N2O3/c1-15(2)8-4-5-13(17)14-10-6-7-11(16)12(9-10)18-3/h6-7,9,16H,4-5,8H2,1-3H3,(H,14,17). The SMILES string of the molecule is COc1cc(NC(=O)CCCN(C)C)ccc1O. The molecule has 0 radical (unpaired) electrons. The number of carbonyl (C=O) groups excluding carboxylic acids is 1. The van der Waals surface area contributed by atoms with Crippen molar-refractivity contribution in [1.29, 1.82) is 0 Å². The van der Waals surface area contributed by atoms with Crippen molar-refractivity contribution in [3.8, 4) is 11.5 Å². The monoisotopic (exact) mass is 252 g/mol. The van der Waals surface area contributed by atoms with Crippen molar-refractivity contribution >= 4 is 11.6 Å². The van der Waals surface area contributed by atoms with E-state index in [1.54, 1.807) is 12.1 Å². The number of methoxy groups -OCH3 is 1. The van der Waals surface area contributed by atoms with Gasteiger partial charge in [-0.1, -0.05) is 0 Å². The predicted octanol–water partition coefficient (Wildman–Crippen LogP) is 1.68. The number of phenols is 1. The highest BCUT2D eigenvalue weighted by Gasteiger charge is 2.06. The first-order chi connectivity index (χ1) is 8.52. The van der Waals surface area contributed by atoms with Crippen molar-refractivity contribution in [2.45, 2.75) is 12.8 Å². The number of benzene rings is 1. The molecule has 0 atom stereocenters. The number of nitrogens with zero attached hydrogens (tertiary/aromatic N) is 1. The molecule has 5 heteroatoms. The van der Waals surface area contributed by atoms with Crippen molar-refractivity contribution in [3.63, 3.8) is 0 Å². The molecule has 0 bridgehead atoms. The fraction of sp³-hybridized carbons (Fsp3) is 0.462. The predicted molar refractivity (Wildman–Crippen MR) is 71.1 cm³/mol. The zero-order valence-electron chi connectivity index (χ0n) is 11.1. The van der Waals surface area contributed by atoms with Crippen molar-refractivity contribution in [1.82, 2.24) is 4.90 Å². The van der Waals surface area contributed by atoms with E-state index in [2.05, 4.69) is 5.32 Å². The van der Waals surface area contributed by atoms with Crippen LogP contribution < -0.4 is 10.1 Å². The Hall–Kier alpha value is -1.75. The van der Waals surface area contributed by atoms with E-state index in [0.29, 0.717) is 17.9 Å². The number of hydrogen-bond acceptors (Lipinski definition) is 4. The Morgan fingerprint density at radius 3 is 2.78 bits per heavy atom. The van der Waals surface area contributed by atoms with Crippen LogP contribution >= 0.6 is 0 Å². The Kier molecular flexibility index (Phi) is 5.45. The topological polar surface area (TPSA) is 61.8 Å². The highest BCUT2D eigenvalue weighted by atomic mass is 16.5. The molecule has 0 aliphatic carbocycles. The van der Waals surface area contributed by atoms with Gasteiger partial charge in [0.1, 0.15) is 0 Å². The highest BCUT2D eigenvalue weighted by molar-refractivity contribution is 5.91. The average Bonchev–Trinajstić information content (AvgIpc) is 2.31. The van der Waals surface area contributed by atoms with Gasteiger partial charge in [0.15, 0.2) is 11.5 Å². The number of carbonyl (C=O) groups is 1. The van der Waals surface area contributed by atoms with E-state index in [9.17, 15) is 9.90 Å². The van der Waals surface area contributed by atoms with E-state index in [-0.39, 0.29) is 11.7 Å². The van der Waals surface area contributed by atoms with Crippen LogP contribution in [0.5, 0.6) is 11.5 Å². The fourth-order valence-corrected chi connectivity index (χ4v) is 1.53. The molecule has 100 valence electrons. The molecule has 5 nitrogen and oxygen atoms in total. The molecule has 0 unspecified atom stereocenters. The quantitative estimate of drug-likeness (QED) is 0.756. The molecule has 18 heavy (non-hydrogen) atoms. The van der Waals surface area contributed by atoms with Crippen molar-refractivity contribution in [2.24, 2.45) is 0 Å². The van der Waals surface area contributed by atoms with Gasteiger partial charge < -0.3 is 20.1 Å². The lowest BCUT2D eigenvalue weighted by Gasteiger charge is -2.10. The molecule has 1 aromatic carbocycles. The lowest BCUT2D eigenvalue weighted by atomic mass is 10.2. The van der Waals surface area contributed by atoms with Gasteiger partial charge in [0.25, 0.3) is 0 Å². The Balaban J connectivity index is 2.49. The number of ether oxygens (including phenoxy) is 1. The number of aromatic hydroxyl groups is 1. The number of hydrogen-bond donors (Lipinski definition) is 2. The van der Waals surface area contributed by atoms with Gasteiger partial charge in [-0.2, -0.15) is 0 Å². The third kappa shape index (κ3) is 4.63. The lowest BCUT2D eigenvalue weighted by Crippen LogP contribution is -2.17. The van der Waals surface area contributed by atoms with Crippen molar-refractivity contribution in [2.75, 3.05) is 33.1 Å². The van der Waals surface area contributed by atoms with Gasteiger partial charge in [-0.05, 0) is 39.2 Å². The second kappa shape index (κ2) is 6.86. The molecule has 0 saturated heterocycles. The Morgan fingerprint density at radius 1 is 1.44 bits per heavy atom. The normalized spacial score (nSPS) is 10.4. The molecule has 0 spiro atoms. The molecule has 0 aromatic heterocycles. The van der Waals surface area contributed by atoms with Crippen LogP contribution in [0, 0.1) is 0 Å². The first-order valence-corrected chi connectivity index (χ1v) is 5.84. The number of nitrogens with one attached hydrogen (secondary N) is 1. The fourth-order valence-electron chi connectivity index (χ4n) is 1.53. The second-order valence-corrected chi connectivity index (χ2v) is 4.34. The Bertz CT molecular complexity index is 405. The summed E-state index contributed by atoms with van der Waals surface area (Å²) in [6.45, 7) is 0.881. The summed E-state index contributed by atoms with van der Waals surface area (Å²) >= 11 is 0. The van der Waals surface area contributed by atoms with E-state index in [4.69, 9.17) is 4.74 Å². The van der Waals surface area contributed by atoms with Crippen LogP contribution in [0.3, 0.4) is 0 Å². The molecule has 0 fully saturated rings. The number of rotatable bonds is 6. The lowest BCUT2D eigenvalue weighted by molar-refractivity contribution is -0.116. The number of amides is 1. The van der Waals surface area contributed by atoms with Crippen LogP contribution in [-0.4, -0.2) is 43.7 Å². The van der Waals surface area contributed by atoms with Crippen molar-refractivity contribution in [3.05, 3.63) is 18.2 Å². The number of phenolic OH excluding ortho intramolecular Hbond substituents is 1. The maximum Gasteiger partial charge on any atom is 0.224 e. The zero-order valence-corrected chi connectivity index (χ0v) is 11.1. The van der Waals surface area contributed by atoms with Crippen molar-refractivity contribution < 1.29 is 14.6 Å². The summed E-state index contributed by atoms with van der Waals surface area (Å²) in [7, 11) is 5.42.